The molecule has 2 aliphatic rings. The third kappa shape index (κ3) is 4.69. The van der Waals surface area contributed by atoms with Gasteiger partial charge in [0.1, 0.15) is 5.75 Å². The molecule has 1 unspecified atom stereocenters. The Balaban J connectivity index is 1.46. The molecule has 2 aliphatic heterocycles. The number of ether oxygens (including phenoxy) is 1. The van der Waals surface area contributed by atoms with Gasteiger partial charge in [0.05, 0.1) is 6.61 Å². The largest absolute Gasteiger partial charge is 0.493 e. The second-order valence-electron chi connectivity index (χ2n) is 6.67. The molecule has 1 aromatic rings. The minimum atomic E-state index is -0.204. The Hall–Kier alpha value is -1.59. The SMILES string of the molecule is NC(=O)CCN1CCN(CC2CCOc3ccccc3C2)CC1. The Kier molecular flexibility index (Phi) is 5.51. The second-order valence-corrected chi connectivity index (χ2v) is 6.67. The summed E-state index contributed by atoms with van der Waals surface area (Å²) in [6.07, 6.45) is 2.70. The zero-order valence-electron chi connectivity index (χ0n) is 13.7. The first kappa shape index (κ1) is 16.3. The summed E-state index contributed by atoms with van der Waals surface area (Å²) >= 11 is 0. The van der Waals surface area contributed by atoms with Crippen LogP contribution in [0.1, 0.15) is 18.4 Å². The molecule has 1 fully saturated rings. The lowest BCUT2D eigenvalue weighted by molar-refractivity contribution is -0.118. The minimum Gasteiger partial charge on any atom is -0.493 e. The van der Waals surface area contributed by atoms with Crippen LogP contribution in [0.15, 0.2) is 24.3 Å². The van der Waals surface area contributed by atoms with Crippen molar-refractivity contribution in [3.8, 4) is 5.75 Å². The fourth-order valence-electron chi connectivity index (χ4n) is 3.55. The summed E-state index contributed by atoms with van der Waals surface area (Å²) in [6.45, 7) is 6.99. The molecule has 0 bridgehead atoms. The normalized spacial score (nSPS) is 22.9. The molecule has 0 radical (unpaired) electrons. The van der Waals surface area contributed by atoms with Crippen molar-refractivity contribution in [2.45, 2.75) is 19.3 Å². The van der Waals surface area contributed by atoms with Gasteiger partial charge in [0.25, 0.3) is 0 Å². The predicted molar refractivity (Wildman–Crippen MR) is 90.4 cm³/mol. The van der Waals surface area contributed by atoms with Crippen LogP contribution in [0.2, 0.25) is 0 Å². The highest BCUT2D eigenvalue weighted by Gasteiger charge is 2.23. The van der Waals surface area contributed by atoms with Gasteiger partial charge in [-0.25, -0.2) is 0 Å². The van der Waals surface area contributed by atoms with E-state index in [9.17, 15) is 4.79 Å². The number of primary amides is 1. The Morgan fingerprint density at radius 3 is 2.70 bits per heavy atom. The van der Waals surface area contributed by atoms with E-state index < -0.39 is 0 Å². The summed E-state index contributed by atoms with van der Waals surface area (Å²) in [7, 11) is 0. The van der Waals surface area contributed by atoms with Gasteiger partial charge in [-0.15, -0.1) is 0 Å². The molecule has 0 aromatic heterocycles. The topological polar surface area (TPSA) is 58.8 Å². The number of nitrogens with zero attached hydrogens (tertiary/aromatic N) is 2. The van der Waals surface area contributed by atoms with Gasteiger partial charge in [-0.05, 0) is 30.4 Å². The highest BCUT2D eigenvalue weighted by Crippen LogP contribution is 2.27. The summed E-state index contributed by atoms with van der Waals surface area (Å²) in [4.78, 5) is 15.8. The van der Waals surface area contributed by atoms with Crippen molar-refractivity contribution in [2.24, 2.45) is 11.7 Å². The summed E-state index contributed by atoms with van der Waals surface area (Å²) in [5, 5.41) is 0. The quantitative estimate of drug-likeness (QED) is 0.884. The molecule has 2 N–H and O–H groups in total. The second kappa shape index (κ2) is 7.79. The van der Waals surface area contributed by atoms with Gasteiger partial charge in [0, 0.05) is 45.7 Å². The zero-order valence-corrected chi connectivity index (χ0v) is 13.7. The van der Waals surface area contributed by atoms with Gasteiger partial charge in [0.15, 0.2) is 0 Å². The Morgan fingerprint density at radius 2 is 1.91 bits per heavy atom. The van der Waals surface area contributed by atoms with Crippen LogP contribution in [-0.4, -0.2) is 61.6 Å². The summed E-state index contributed by atoms with van der Waals surface area (Å²) in [5.41, 5.74) is 6.57. The molecule has 5 nitrogen and oxygen atoms in total. The summed E-state index contributed by atoms with van der Waals surface area (Å²) < 4.78 is 5.87. The molecule has 1 amide bonds. The van der Waals surface area contributed by atoms with E-state index in [2.05, 4.69) is 28.0 Å². The van der Waals surface area contributed by atoms with Crippen molar-refractivity contribution in [3.05, 3.63) is 29.8 Å². The number of nitrogens with two attached hydrogens (primary N) is 1. The van der Waals surface area contributed by atoms with E-state index in [0.717, 1.165) is 64.5 Å². The van der Waals surface area contributed by atoms with Crippen LogP contribution in [0.3, 0.4) is 0 Å². The van der Waals surface area contributed by atoms with E-state index in [1.165, 1.54) is 5.56 Å². The Bertz CT molecular complexity index is 527. The smallest absolute Gasteiger partial charge is 0.218 e. The van der Waals surface area contributed by atoms with E-state index in [4.69, 9.17) is 10.5 Å². The average Bonchev–Trinajstić information content (AvgIpc) is 2.76. The highest BCUT2D eigenvalue weighted by molar-refractivity contribution is 5.73. The van der Waals surface area contributed by atoms with E-state index in [1.54, 1.807) is 0 Å². The number of hydrogen-bond donors (Lipinski definition) is 1. The predicted octanol–water partition coefficient (Wildman–Crippen LogP) is 1.12. The maximum Gasteiger partial charge on any atom is 0.218 e. The Labute approximate surface area is 138 Å². The van der Waals surface area contributed by atoms with E-state index in [0.29, 0.717) is 12.3 Å². The number of hydrogen-bond acceptors (Lipinski definition) is 4. The molecule has 3 rings (SSSR count). The lowest BCUT2D eigenvalue weighted by atomic mass is 9.96. The van der Waals surface area contributed by atoms with Crippen LogP contribution >= 0.6 is 0 Å². The van der Waals surface area contributed by atoms with E-state index in [1.807, 2.05) is 6.07 Å². The summed E-state index contributed by atoms with van der Waals surface area (Å²) in [6, 6.07) is 8.41. The van der Waals surface area contributed by atoms with Gasteiger partial charge in [-0.1, -0.05) is 18.2 Å². The van der Waals surface area contributed by atoms with Crippen LogP contribution in [0.4, 0.5) is 0 Å². The maximum atomic E-state index is 10.9. The van der Waals surface area contributed by atoms with Gasteiger partial charge in [-0.3, -0.25) is 4.79 Å². The van der Waals surface area contributed by atoms with E-state index in [-0.39, 0.29) is 5.91 Å². The van der Waals surface area contributed by atoms with E-state index >= 15 is 0 Å². The first-order chi connectivity index (χ1) is 11.2. The monoisotopic (exact) mass is 317 g/mol. The molecule has 2 heterocycles. The molecule has 0 spiro atoms. The van der Waals surface area contributed by atoms with Crippen molar-refractivity contribution in [2.75, 3.05) is 45.9 Å². The molecular weight excluding hydrogens is 290 g/mol. The molecule has 1 saturated heterocycles. The van der Waals surface area contributed by atoms with Gasteiger partial charge >= 0.3 is 0 Å². The number of amides is 1. The third-order valence-electron chi connectivity index (χ3n) is 4.92. The molecular formula is C18H27N3O2. The fourth-order valence-corrected chi connectivity index (χ4v) is 3.55. The number of carbonyl (C=O) groups excluding carboxylic acids is 1. The number of rotatable bonds is 5. The molecule has 1 aromatic carbocycles. The fraction of sp³-hybridized carbons (Fsp3) is 0.611. The van der Waals surface area contributed by atoms with Gasteiger partial charge in [-0.2, -0.15) is 0 Å². The zero-order chi connectivity index (χ0) is 16.1. The van der Waals surface area contributed by atoms with Crippen molar-refractivity contribution < 1.29 is 9.53 Å². The van der Waals surface area contributed by atoms with Crippen molar-refractivity contribution in [1.82, 2.24) is 9.80 Å². The minimum absolute atomic E-state index is 0.204. The number of piperazine rings is 1. The first-order valence-corrected chi connectivity index (χ1v) is 8.64. The highest BCUT2D eigenvalue weighted by atomic mass is 16.5. The number of fused-ring (bicyclic) bond motifs is 1. The van der Waals surface area contributed by atoms with Gasteiger partial charge in [0.2, 0.25) is 5.91 Å². The molecule has 0 saturated carbocycles. The number of para-hydroxylation sites is 1. The summed E-state index contributed by atoms with van der Waals surface area (Å²) in [5.74, 6) is 1.52. The van der Waals surface area contributed by atoms with Crippen LogP contribution in [0.5, 0.6) is 5.75 Å². The third-order valence-corrected chi connectivity index (χ3v) is 4.92. The molecule has 23 heavy (non-hydrogen) atoms. The maximum absolute atomic E-state index is 10.9. The van der Waals surface area contributed by atoms with Gasteiger partial charge < -0.3 is 20.3 Å². The standard InChI is InChI=1S/C18H27N3O2/c19-18(22)5-7-20-8-10-21(11-9-20)14-15-6-12-23-17-4-2-1-3-16(17)13-15/h1-4,15H,5-14H2,(H2,19,22). The Morgan fingerprint density at radius 1 is 1.17 bits per heavy atom. The van der Waals surface area contributed by atoms with Crippen molar-refractivity contribution in [1.29, 1.82) is 0 Å². The van der Waals surface area contributed by atoms with Crippen LogP contribution in [0, 0.1) is 5.92 Å². The first-order valence-electron chi connectivity index (χ1n) is 8.64. The van der Waals surface area contributed by atoms with Crippen molar-refractivity contribution >= 4 is 5.91 Å². The lowest BCUT2D eigenvalue weighted by Crippen LogP contribution is -2.48. The van der Waals surface area contributed by atoms with Crippen LogP contribution in [0.25, 0.3) is 0 Å². The van der Waals surface area contributed by atoms with Crippen LogP contribution < -0.4 is 10.5 Å². The number of carbonyl (C=O) groups is 1. The molecule has 126 valence electrons. The van der Waals surface area contributed by atoms with Crippen LogP contribution in [-0.2, 0) is 11.2 Å². The lowest BCUT2D eigenvalue weighted by Gasteiger charge is -2.36. The van der Waals surface area contributed by atoms with Crippen molar-refractivity contribution in [3.63, 3.8) is 0 Å². The average molecular weight is 317 g/mol. The molecule has 5 heteroatoms. The molecule has 1 atom stereocenters. The molecule has 0 aliphatic carbocycles. The number of benzene rings is 1.